The normalized spacial score (nSPS) is 20.0. The number of amides is 1. The van der Waals surface area contributed by atoms with Crippen molar-refractivity contribution in [2.45, 2.75) is 19.8 Å². The van der Waals surface area contributed by atoms with Gasteiger partial charge in [-0.15, -0.1) is 0 Å². The lowest BCUT2D eigenvalue weighted by Gasteiger charge is -2.31. The van der Waals surface area contributed by atoms with Crippen molar-refractivity contribution in [1.82, 2.24) is 4.90 Å². The van der Waals surface area contributed by atoms with E-state index in [9.17, 15) is 9.59 Å². The van der Waals surface area contributed by atoms with Gasteiger partial charge < -0.3 is 19.1 Å². The van der Waals surface area contributed by atoms with Crippen molar-refractivity contribution in [3.8, 4) is 11.5 Å². The standard InChI is InChI=1S/C17H21NO5/c1-2-21-17(20)13-4-3-7-18(11-13)16(19)12-5-6-14-15(10-12)23-9-8-22-14/h5-6,10,13H,2-4,7-9,11H2,1H3/t13-/m0/s1. The van der Waals surface area contributed by atoms with Crippen LogP contribution < -0.4 is 9.47 Å². The molecule has 1 fully saturated rings. The fraction of sp³-hybridized carbons (Fsp3) is 0.529. The highest BCUT2D eigenvalue weighted by molar-refractivity contribution is 5.95. The van der Waals surface area contributed by atoms with Crippen molar-refractivity contribution in [1.29, 1.82) is 0 Å². The molecule has 1 aromatic rings. The van der Waals surface area contributed by atoms with E-state index in [-0.39, 0.29) is 17.8 Å². The molecule has 6 nitrogen and oxygen atoms in total. The van der Waals surface area contributed by atoms with Gasteiger partial charge in [0.2, 0.25) is 0 Å². The van der Waals surface area contributed by atoms with Gasteiger partial charge in [0.05, 0.1) is 12.5 Å². The summed E-state index contributed by atoms with van der Waals surface area (Å²) in [6, 6.07) is 5.21. The third-order valence-corrected chi connectivity index (χ3v) is 4.12. The molecule has 3 rings (SSSR count). The van der Waals surface area contributed by atoms with Gasteiger partial charge >= 0.3 is 5.97 Å². The number of esters is 1. The Morgan fingerprint density at radius 1 is 1.26 bits per heavy atom. The number of rotatable bonds is 3. The van der Waals surface area contributed by atoms with Crippen LogP contribution in [0, 0.1) is 5.92 Å². The molecule has 2 aliphatic heterocycles. The maximum atomic E-state index is 12.7. The van der Waals surface area contributed by atoms with E-state index in [1.807, 2.05) is 0 Å². The number of likely N-dealkylation sites (tertiary alicyclic amines) is 1. The summed E-state index contributed by atoms with van der Waals surface area (Å²) < 4.78 is 16.1. The smallest absolute Gasteiger partial charge is 0.310 e. The van der Waals surface area contributed by atoms with Gasteiger partial charge in [-0.2, -0.15) is 0 Å². The molecule has 124 valence electrons. The molecule has 1 atom stereocenters. The van der Waals surface area contributed by atoms with Crippen molar-refractivity contribution in [2.24, 2.45) is 5.92 Å². The molecule has 0 aliphatic carbocycles. The Kier molecular flexibility index (Phi) is 4.69. The monoisotopic (exact) mass is 319 g/mol. The first kappa shape index (κ1) is 15.6. The van der Waals surface area contributed by atoms with Gasteiger partial charge in [0.1, 0.15) is 13.2 Å². The zero-order chi connectivity index (χ0) is 16.2. The molecular formula is C17H21NO5. The summed E-state index contributed by atoms with van der Waals surface area (Å²) in [7, 11) is 0. The van der Waals surface area contributed by atoms with Gasteiger partial charge in [0.25, 0.3) is 5.91 Å². The Balaban J connectivity index is 1.71. The van der Waals surface area contributed by atoms with Gasteiger partial charge in [-0.1, -0.05) is 0 Å². The van der Waals surface area contributed by atoms with Crippen LogP contribution in [0.5, 0.6) is 11.5 Å². The zero-order valence-electron chi connectivity index (χ0n) is 13.2. The molecule has 2 aliphatic rings. The second-order valence-corrected chi connectivity index (χ2v) is 5.70. The predicted molar refractivity (Wildman–Crippen MR) is 82.7 cm³/mol. The first-order valence-electron chi connectivity index (χ1n) is 8.04. The topological polar surface area (TPSA) is 65.1 Å². The lowest BCUT2D eigenvalue weighted by molar-refractivity contribution is -0.149. The van der Waals surface area contributed by atoms with Gasteiger partial charge in [-0.05, 0) is 38.0 Å². The minimum absolute atomic E-state index is 0.0871. The van der Waals surface area contributed by atoms with E-state index in [1.165, 1.54) is 0 Å². The fourth-order valence-electron chi connectivity index (χ4n) is 2.97. The molecule has 2 heterocycles. The first-order valence-corrected chi connectivity index (χ1v) is 8.04. The molecular weight excluding hydrogens is 298 g/mol. The number of hydrogen-bond acceptors (Lipinski definition) is 5. The molecule has 1 saturated heterocycles. The van der Waals surface area contributed by atoms with E-state index in [1.54, 1.807) is 30.0 Å². The van der Waals surface area contributed by atoms with Crippen molar-refractivity contribution in [2.75, 3.05) is 32.9 Å². The average molecular weight is 319 g/mol. The largest absolute Gasteiger partial charge is 0.486 e. The van der Waals surface area contributed by atoms with E-state index in [0.29, 0.717) is 50.0 Å². The lowest BCUT2D eigenvalue weighted by atomic mass is 9.97. The van der Waals surface area contributed by atoms with E-state index in [0.717, 1.165) is 12.8 Å². The van der Waals surface area contributed by atoms with Crippen LogP contribution in [0.3, 0.4) is 0 Å². The van der Waals surface area contributed by atoms with Crippen molar-refractivity contribution >= 4 is 11.9 Å². The highest BCUT2D eigenvalue weighted by Gasteiger charge is 2.30. The summed E-state index contributed by atoms with van der Waals surface area (Å²) in [5.41, 5.74) is 0.554. The molecule has 0 spiro atoms. The second kappa shape index (κ2) is 6.89. The minimum Gasteiger partial charge on any atom is -0.486 e. The van der Waals surface area contributed by atoms with E-state index in [2.05, 4.69) is 0 Å². The van der Waals surface area contributed by atoms with E-state index < -0.39 is 0 Å². The van der Waals surface area contributed by atoms with Crippen LogP contribution in [-0.2, 0) is 9.53 Å². The van der Waals surface area contributed by atoms with Crippen molar-refractivity contribution in [3.05, 3.63) is 23.8 Å². The summed E-state index contributed by atoms with van der Waals surface area (Å²) >= 11 is 0. The summed E-state index contributed by atoms with van der Waals surface area (Å²) in [5, 5.41) is 0. The van der Waals surface area contributed by atoms with Crippen LogP contribution in [0.1, 0.15) is 30.1 Å². The molecule has 23 heavy (non-hydrogen) atoms. The van der Waals surface area contributed by atoms with Crippen molar-refractivity contribution < 1.29 is 23.8 Å². The Bertz CT molecular complexity index is 601. The van der Waals surface area contributed by atoms with Crippen molar-refractivity contribution in [3.63, 3.8) is 0 Å². The SMILES string of the molecule is CCOC(=O)[C@H]1CCCN(C(=O)c2ccc3c(c2)OCCO3)C1. The highest BCUT2D eigenvalue weighted by atomic mass is 16.6. The van der Waals surface area contributed by atoms with Crippen LogP contribution in [-0.4, -0.2) is 49.7 Å². The quantitative estimate of drug-likeness (QED) is 0.796. The first-order chi connectivity index (χ1) is 11.2. The number of hydrogen-bond donors (Lipinski definition) is 0. The Labute approximate surface area is 135 Å². The highest BCUT2D eigenvalue weighted by Crippen LogP contribution is 2.31. The molecule has 1 aromatic carbocycles. The van der Waals surface area contributed by atoms with Crippen LogP contribution in [0.2, 0.25) is 0 Å². The molecule has 0 N–H and O–H groups in total. The molecule has 1 amide bonds. The number of piperidine rings is 1. The van der Waals surface area contributed by atoms with Crippen LogP contribution >= 0.6 is 0 Å². The summed E-state index contributed by atoms with van der Waals surface area (Å²) in [6.45, 7) is 4.23. The predicted octanol–water partition coefficient (Wildman–Crippen LogP) is 1.87. The zero-order valence-corrected chi connectivity index (χ0v) is 13.2. The molecule has 0 aromatic heterocycles. The molecule has 0 bridgehead atoms. The summed E-state index contributed by atoms with van der Waals surface area (Å²) in [6.07, 6.45) is 1.57. The van der Waals surface area contributed by atoms with E-state index in [4.69, 9.17) is 14.2 Å². The summed E-state index contributed by atoms with van der Waals surface area (Å²) in [4.78, 5) is 26.3. The second-order valence-electron chi connectivity index (χ2n) is 5.70. The van der Waals surface area contributed by atoms with Gasteiger partial charge in [0, 0.05) is 18.7 Å². The number of nitrogens with zero attached hydrogens (tertiary/aromatic N) is 1. The minimum atomic E-state index is -0.232. The maximum Gasteiger partial charge on any atom is 0.310 e. The number of carbonyl (C=O) groups is 2. The maximum absolute atomic E-state index is 12.7. The van der Waals surface area contributed by atoms with Crippen LogP contribution in [0.15, 0.2) is 18.2 Å². The lowest BCUT2D eigenvalue weighted by Crippen LogP contribution is -2.42. The number of carbonyl (C=O) groups excluding carboxylic acids is 2. The molecule has 6 heteroatoms. The van der Waals surface area contributed by atoms with Gasteiger partial charge in [0.15, 0.2) is 11.5 Å². The number of ether oxygens (including phenoxy) is 3. The van der Waals surface area contributed by atoms with E-state index >= 15 is 0 Å². The summed E-state index contributed by atoms with van der Waals surface area (Å²) in [5.74, 6) is 0.727. The fourth-order valence-corrected chi connectivity index (χ4v) is 2.97. The Morgan fingerprint density at radius 2 is 2.04 bits per heavy atom. The number of fused-ring (bicyclic) bond motifs is 1. The Morgan fingerprint density at radius 3 is 2.83 bits per heavy atom. The molecule has 0 saturated carbocycles. The van der Waals surface area contributed by atoms with Crippen LogP contribution in [0.25, 0.3) is 0 Å². The third-order valence-electron chi connectivity index (χ3n) is 4.12. The molecule has 0 unspecified atom stereocenters. The Hall–Kier alpha value is -2.24. The number of benzene rings is 1. The molecule has 0 radical (unpaired) electrons. The average Bonchev–Trinajstić information content (AvgIpc) is 2.61. The van der Waals surface area contributed by atoms with Gasteiger partial charge in [-0.25, -0.2) is 0 Å². The van der Waals surface area contributed by atoms with Crippen LogP contribution in [0.4, 0.5) is 0 Å². The third kappa shape index (κ3) is 3.41. The van der Waals surface area contributed by atoms with Gasteiger partial charge in [-0.3, -0.25) is 9.59 Å².